The number of benzene rings is 3. The number of hydrogen-bond donors (Lipinski definition) is 2. The van der Waals surface area contributed by atoms with Crippen molar-refractivity contribution >= 4 is 5.91 Å². The molecule has 0 aliphatic carbocycles. The molecule has 0 atom stereocenters. The number of carbonyl (C=O) groups excluding carboxylic acids is 1. The Morgan fingerprint density at radius 2 is 1.81 bits per heavy atom. The normalized spacial score (nSPS) is 10.5. The van der Waals surface area contributed by atoms with E-state index in [1.165, 1.54) is 5.56 Å². The fourth-order valence-corrected chi connectivity index (χ4v) is 3.52. The highest BCUT2D eigenvalue weighted by Crippen LogP contribution is 2.34. The number of hydrogen-bond acceptors (Lipinski definition) is 4. The standard InChI is InChI=1S/C26H29NO4/c1-3-31-25-18-22(30-2)12-14-23(25)20-11-13-24(26(29)27-15-16-28)21(17-20)10-9-19-7-5-4-6-8-19/h4-8,11-14,17-18,28H,3,9-10,15-16H2,1-2H3,(H,27,29). The van der Waals surface area contributed by atoms with Crippen LogP contribution in [-0.4, -0.2) is 37.9 Å². The van der Waals surface area contributed by atoms with Crippen LogP contribution in [-0.2, 0) is 12.8 Å². The average Bonchev–Trinajstić information content (AvgIpc) is 2.82. The number of methoxy groups -OCH3 is 1. The van der Waals surface area contributed by atoms with Gasteiger partial charge in [-0.25, -0.2) is 0 Å². The third-order valence-corrected chi connectivity index (χ3v) is 5.07. The van der Waals surface area contributed by atoms with E-state index >= 15 is 0 Å². The highest BCUT2D eigenvalue weighted by atomic mass is 16.5. The van der Waals surface area contributed by atoms with Gasteiger partial charge in [0.15, 0.2) is 0 Å². The van der Waals surface area contributed by atoms with Crippen molar-refractivity contribution in [3.63, 3.8) is 0 Å². The van der Waals surface area contributed by atoms with Crippen molar-refractivity contribution < 1.29 is 19.4 Å². The van der Waals surface area contributed by atoms with Gasteiger partial charge >= 0.3 is 0 Å². The van der Waals surface area contributed by atoms with E-state index in [2.05, 4.69) is 23.5 Å². The molecule has 0 radical (unpaired) electrons. The molecule has 162 valence electrons. The summed E-state index contributed by atoms with van der Waals surface area (Å²) in [6.07, 6.45) is 1.55. The van der Waals surface area contributed by atoms with Crippen LogP contribution in [0.25, 0.3) is 11.1 Å². The molecular weight excluding hydrogens is 390 g/mol. The molecular formula is C26H29NO4. The molecule has 0 aromatic heterocycles. The van der Waals surface area contributed by atoms with Crippen LogP contribution in [0.5, 0.6) is 11.5 Å². The summed E-state index contributed by atoms with van der Waals surface area (Å²) >= 11 is 0. The third kappa shape index (κ3) is 5.86. The first-order valence-corrected chi connectivity index (χ1v) is 10.5. The van der Waals surface area contributed by atoms with Gasteiger partial charge in [-0.15, -0.1) is 0 Å². The molecule has 3 aromatic rings. The van der Waals surface area contributed by atoms with Crippen molar-refractivity contribution in [1.82, 2.24) is 5.32 Å². The van der Waals surface area contributed by atoms with Crippen molar-refractivity contribution in [2.24, 2.45) is 0 Å². The molecule has 3 aromatic carbocycles. The quantitative estimate of drug-likeness (QED) is 0.515. The van der Waals surface area contributed by atoms with Gasteiger partial charge in [-0.1, -0.05) is 42.5 Å². The summed E-state index contributed by atoms with van der Waals surface area (Å²) in [6.45, 7) is 2.63. The zero-order chi connectivity index (χ0) is 22.1. The predicted molar refractivity (Wildman–Crippen MR) is 123 cm³/mol. The first-order chi connectivity index (χ1) is 15.2. The molecule has 0 saturated heterocycles. The monoisotopic (exact) mass is 419 g/mol. The second-order valence-electron chi connectivity index (χ2n) is 7.13. The smallest absolute Gasteiger partial charge is 0.251 e. The lowest BCUT2D eigenvalue weighted by atomic mass is 9.94. The molecule has 2 N–H and O–H groups in total. The Kier molecular flexibility index (Phi) is 8.07. The number of carbonyl (C=O) groups is 1. The van der Waals surface area contributed by atoms with Crippen LogP contribution in [0, 0.1) is 0 Å². The Morgan fingerprint density at radius 3 is 2.52 bits per heavy atom. The van der Waals surface area contributed by atoms with Crippen molar-refractivity contribution in [1.29, 1.82) is 0 Å². The minimum absolute atomic E-state index is 0.0905. The van der Waals surface area contributed by atoms with Gasteiger partial charge in [0.25, 0.3) is 5.91 Å². The van der Waals surface area contributed by atoms with E-state index in [-0.39, 0.29) is 19.1 Å². The maximum absolute atomic E-state index is 12.7. The molecule has 5 heteroatoms. The van der Waals surface area contributed by atoms with Gasteiger partial charge in [0.1, 0.15) is 11.5 Å². The van der Waals surface area contributed by atoms with Crippen molar-refractivity contribution in [3.05, 3.63) is 83.4 Å². The maximum atomic E-state index is 12.7. The molecule has 0 unspecified atom stereocenters. The number of amides is 1. The largest absolute Gasteiger partial charge is 0.497 e. The van der Waals surface area contributed by atoms with Gasteiger partial charge in [-0.05, 0) is 54.7 Å². The highest BCUT2D eigenvalue weighted by molar-refractivity contribution is 5.96. The number of aliphatic hydroxyl groups excluding tert-OH is 1. The van der Waals surface area contributed by atoms with Crippen LogP contribution >= 0.6 is 0 Å². The molecule has 0 saturated carbocycles. The van der Waals surface area contributed by atoms with Crippen LogP contribution in [0.15, 0.2) is 66.7 Å². The van der Waals surface area contributed by atoms with E-state index in [0.29, 0.717) is 12.2 Å². The van der Waals surface area contributed by atoms with Gasteiger partial charge in [-0.2, -0.15) is 0 Å². The Bertz CT molecular complexity index is 1000. The Balaban J connectivity index is 1.98. The number of rotatable bonds is 10. The van der Waals surface area contributed by atoms with E-state index in [9.17, 15) is 4.79 Å². The lowest BCUT2D eigenvalue weighted by Gasteiger charge is -2.15. The summed E-state index contributed by atoms with van der Waals surface area (Å²) in [5.74, 6) is 1.30. The lowest BCUT2D eigenvalue weighted by molar-refractivity contribution is 0.0944. The number of aryl methyl sites for hydroxylation is 2. The Morgan fingerprint density at radius 1 is 1.00 bits per heavy atom. The SMILES string of the molecule is CCOc1cc(OC)ccc1-c1ccc(C(=O)NCCO)c(CCc2ccccc2)c1. The number of ether oxygens (including phenoxy) is 2. The van der Waals surface area contributed by atoms with Crippen LogP contribution in [0.4, 0.5) is 0 Å². The van der Waals surface area contributed by atoms with Crippen molar-refractivity contribution in [2.45, 2.75) is 19.8 Å². The zero-order valence-corrected chi connectivity index (χ0v) is 18.1. The molecule has 31 heavy (non-hydrogen) atoms. The minimum Gasteiger partial charge on any atom is -0.497 e. The Labute approximate surface area is 183 Å². The summed E-state index contributed by atoms with van der Waals surface area (Å²) in [5, 5.41) is 11.8. The molecule has 0 heterocycles. The fourth-order valence-electron chi connectivity index (χ4n) is 3.52. The van der Waals surface area contributed by atoms with Crippen LogP contribution in [0.2, 0.25) is 0 Å². The summed E-state index contributed by atoms with van der Waals surface area (Å²) < 4.78 is 11.2. The van der Waals surface area contributed by atoms with E-state index in [1.54, 1.807) is 7.11 Å². The molecule has 0 aliphatic rings. The molecule has 0 fully saturated rings. The Hall–Kier alpha value is -3.31. The molecule has 0 spiro atoms. The first-order valence-electron chi connectivity index (χ1n) is 10.5. The highest BCUT2D eigenvalue weighted by Gasteiger charge is 2.15. The van der Waals surface area contributed by atoms with Gasteiger partial charge in [-0.3, -0.25) is 4.79 Å². The van der Waals surface area contributed by atoms with E-state index in [4.69, 9.17) is 14.6 Å². The van der Waals surface area contributed by atoms with Gasteiger partial charge in [0.05, 0.1) is 20.3 Å². The summed E-state index contributed by atoms with van der Waals surface area (Å²) in [4.78, 5) is 12.7. The summed E-state index contributed by atoms with van der Waals surface area (Å²) in [5.41, 5.74) is 4.72. The molecule has 0 bridgehead atoms. The van der Waals surface area contributed by atoms with Gasteiger partial charge in [0, 0.05) is 23.7 Å². The van der Waals surface area contributed by atoms with Crippen LogP contribution < -0.4 is 14.8 Å². The van der Waals surface area contributed by atoms with Gasteiger partial charge < -0.3 is 19.9 Å². The fraction of sp³-hybridized carbons (Fsp3) is 0.269. The zero-order valence-electron chi connectivity index (χ0n) is 18.1. The van der Waals surface area contributed by atoms with E-state index in [1.807, 2.05) is 55.5 Å². The predicted octanol–water partition coefficient (Wildman–Crippen LogP) is 4.27. The van der Waals surface area contributed by atoms with E-state index in [0.717, 1.165) is 41.0 Å². The maximum Gasteiger partial charge on any atom is 0.251 e. The second-order valence-corrected chi connectivity index (χ2v) is 7.13. The number of aliphatic hydroxyl groups is 1. The molecule has 0 aliphatic heterocycles. The summed E-state index contributed by atoms with van der Waals surface area (Å²) in [6, 6.07) is 21.8. The topological polar surface area (TPSA) is 67.8 Å². The molecule has 1 amide bonds. The average molecular weight is 420 g/mol. The van der Waals surface area contributed by atoms with Gasteiger partial charge in [0.2, 0.25) is 0 Å². The number of nitrogens with one attached hydrogen (secondary N) is 1. The van der Waals surface area contributed by atoms with Crippen molar-refractivity contribution in [2.75, 3.05) is 26.9 Å². The second kappa shape index (κ2) is 11.2. The van der Waals surface area contributed by atoms with E-state index < -0.39 is 0 Å². The first kappa shape index (κ1) is 22.4. The van der Waals surface area contributed by atoms with Crippen LogP contribution in [0.1, 0.15) is 28.4 Å². The van der Waals surface area contributed by atoms with Crippen molar-refractivity contribution in [3.8, 4) is 22.6 Å². The minimum atomic E-state index is -0.177. The molecule has 5 nitrogen and oxygen atoms in total. The lowest BCUT2D eigenvalue weighted by Crippen LogP contribution is -2.27. The van der Waals surface area contributed by atoms with Crippen LogP contribution in [0.3, 0.4) is 0 Å². The molecule has 3 rings (SSSR count). The summed E-state index contributed by atoms with van der Waals surface area (Å²) in [7, 11) is 1.63. The third-order valence-electron chi connectivity index (χ3n) is 5.07.